The van der Waals surface area contributed by atoms with Crippen LogP contribution < -0.4 is 0 Å². The lowest BCUT2D eigenvalue weighted by molar-refractivity contribution is -0.151. The van der Waals surface area contributed by atoms with E-state index < -0.39 is 5.97 Å². The molecule has 3 nitrogen and oxygen atoms in total. The van der Waals surface area contributed by atoms with Gasteiger partial charge in [-0.15, -0.1) is 0 Å². The van der Waals surface area contributed by atoms with Gasteiger partial charge < -0.3 is 5.11 Å². The molecule has 0 aromatic carbocycles. The van der Waals surface area contributed by atoms with E-state index >= 15 is 0 Å². The minimum Gasteiger partial charge on any atom is -0.480 e. The van der Waals surface area contributed by atoms with Crippen LogP contribution in [0.4, 0.5) is 0 Å². The number of aliphatic carboxylic acids is 1. The summed E-state index contributed by atoms with van der Waals surface area (Å²) in [7, 11) is 0. The van der Waals surface area contributed by atoms with Crippen molar-refractivity contribution in [2.45, 2.75) is 89.3 Å². The summed E-state index contributed by atoms with van der Waals surface area (Å²) in [4.78, 5) is 14.2. The van der Waals surface area contributed by atoms with E-state index in [0.717, 1.165) is 24.7 Å². The zero-order valence-corrected chi connectivity index (χ0v) is 12.8. The molecule has 0 spiro atoms. The minimum atomic E-state index is -0.576. The van der Waals surface area contributed by atoms with Gasteiger partial charge in [0, 0.05) is 12.1 Å². The van der Waals surface area contributed by atoms with Crippen LogP contribution in [0, 0.1) is 11.8 Å². The first-order valence-electron chi connectivity index (χ1n) is 8.67. The Kier molecular flexibility index (Phi) is 4.34. The predicted octanol–water partition coefficient (Wildman–Crippen LogP) is 3.67. The molecule has 114 valence electrons. The summed E-state index contributed by atoms with van der Waals surface area (Å²) in [5.74, 6) is 1.04. The Morgan fingerprint density at radius 3 is 2.35 bits per heavy atom. The fourth-order valence-electron chi connectivity index (χ4n) is 4.99. The highest BCUT2D eigenvalue weighted by Crippen LogP contribution is 2.41. The molecule has 1 aliphatic heterocycles. The van der Waals surface area contributed by atoms with Crippen molar-refractivity contribution in [2.75, 3.05) is 0 Å². The van der Waals surface area contributed by atoms with Gasteiger partial charge in [-0.3, -0.25) is 9.69 Å². The van der Waals surface area contributed by atoms with E-state index in [9.17, 15) is 9.90 Å². The second-order valence-corrected chi connectivity index (χ2v) is 7.40. The molecule has 0 radical (unpaired) electrons. The number of piperidine rings is 1. The van der Waals surface area contributed by atoms with E-state index in [1.807, 2.05) is 0 Å². The summed E-state index contributed by atoms with van der Waals surface area (Å²) in [6.45, 7) is 2.34. The Labute approximate surface area is 122 Å². The molecule has 3 aliphatic rings. The zero-order valence-electron chi connectivity index (χ0n) is 12.8. The minimum absolute atomic E-state index is 0.201. The van der Waals surface area contributed by atoms with E-state index in [1.54, 1.807) is 0 Å². The summed E-state index contributed by atoms with van der Waals surface area (Å²) in [5, 5.41) is 9.64. The van der Waals surface area contributed by atoms with Gasteiger partial charge in [0.15, 0.2) is 0 Å². The Morgan fingerprint density at radius 2 is 1.65 bits per heavy atom. The predicted molar refractivity (Wildman–Crippen MR) is 79.7 cm³/mol. The van der Waals surface area contributed by atoms with Gasteiger partial charge in [0.25, 0.3) is 0 Å². The first-order chi connectivity index (χ1) is 9.66. The lowest BCUT2D eigenvalue weighted by atomic mass is 9.74. The standard InChI is InChI=1S/C17H29NO2/c1-12-6-9-14(10-7-12)18-15-5-3-2-4-13(15)8-11-16(18)17(19)20/h12-16H,2-11H2,1H3,(H,19,20). The van der Waals surface area contributed by atoms with Gasteiger partial charge in [-0.25, -0.2) is 0 Å². The maximum Gasteiger partial charge on any atom is 0.320 e. The summed E-state index contributed by atoms with van der Waals surface area (Å²) >= 11 is 0. The number of carboxylic acid groups (broad SMARTS) is 1. The lowest BCUT2D eigenvalue weighted by Gasteiger charge is -2.51. The molecule has 0 aromatic rings. The quantitative estimate of drug-likeness (QED) is 0.838. The van der Waals surface area contributed by atoms with Crippen LogP contribution in [0.25, 0.3) is 0 Å². The molecular formula is C17H29NO2. The third-order valence-corrected chi connectivity index (χ3v) is 6.11. The van der Waals surface area contributed by atoms with Crippen molar-refractivity contribution in [1.82, 2.24) is 4.90 Å². The first-order valence-corrected chi connectivity index (χ1v) is 8.67. The second kappa shape index (κ2) is 6.05. The number of hydrogen-bond donors (Lipinski definition) is 1. The normalized spacial score (nSPS) is 43.0. The molecule has 0 amide bonds. The molecule has 2 aliphatic carbocycles. The van der Waals surface area contributed by atoms with Crippen molar-refractivity contribution < 1.29 is 9.90 Å². The third-order valence-electron chi connectivity index (χ3n) is 6.11. The Balaban J connectivity index is 1.78. The molecule has 0 bridgehead atoms. The molecule has 3 heteroatoms. The molecule has 1 heterocycles. The van der Waals surface area contributed by atoms with E-state index in [4.69, 9.17) is 0 Å². The molecule has 3 fully saturated rings. The second-order valence-electron chi connectivity index (χ2n) is 7.40. The molecule has 1 N–H and O–H groups in total. The van der Waals surface area contributed by atoms with Crippen LogP contribution in [0.1, 0.15) is 71.1 Å². The highest BCUT2D eigenvalue weighted by atomic mass is 16.4. The third kappa shape index (κ3) is 2.74. The number of rotatable bonds is 2. The monoisotopic (exact) mass is 279 g/mol. The first kappa shape index (κ1) is 14.4. The van der Waals surface area contributed by atoms with Crippen LogP contribution in [-0.4, -0.2) is 34.1 Å². The van der Waals surface area contributed by atoms with Gasteiger partial charge in [-0.2, -0.15) is 0 Å². The summed E-state index contributed by atoms with van der Waals surface area (Å²) in [6.07, 6.45) is 12.2. The average molecular weight is 279 g/mol. The van der Waals surface area contributed by atoms with Crippen molar-refractivity contribution in [3.63, 3.8) is 0 Å². The van der Waals surface area contributed by atoms with Gasteiger partial charge >= 0.3 is 5.97 Å². The van der Waals surface area contributed by atoms with Crippen molar-refractivity contribution in [1.29, 1.82) is 0 Å². The van der Waals surface area contributed by atoms with Gasteiger partial charge in [0.1, 0.15) is 6.04 Å². The number of fused-ring (bicyclic) bond motifs is 1. The molecule has 3 atom stereocenters. The summed E-state index contributed by atoms with van der Waals surface area (Å²) < 4.78 is 0. The maximum absolute atomic E-state index is 11.7. The van der Waals surface area contributed by atoms with E-state index in [-0.39, 0.29) is 6.04 Å². The number of carbonyl (C=O) groups is 1. The van der Waals surface area contributed by atoms with E-state index in [2.05, 4.69) is 11.8 Å². The summed E-state index contributed by atoms with van der Waals surface area (Å²) in [6, 6.07) is 0.906. The molecule has 1 saturated heterocycles. The van der Waals surface area contributed by atoms with Crippen LogP contribution in [0.3, 0.4) is 0 Å². The van der Waals surface area contributed by atoms with Crippen LogP contribution in [-0.2, 0) is 4.79 Å². The zero-order chi connectivity index (χ0) is 14.1. The number of nitrogens with zero attached hydrogens (tertiary/aromatic N) is 1. The van der Waals surface area contributed by atoms with Crippen LogP contribution >= 0.6 is 0 Å². The Morgan fingerprint density at radius 1 is 0.950 bits per heavy atom. The maximum atomic E-state index is 11.7. The summed E-state index contributed by atoms with van der Waals surface area (Å²) in [5.41, 5.74) is 0. The largest absolute Gasteiger partial charge is 0.480 e. The number of hydrogen-bond acceptors (Lipinski definition) is 2. The molecule has 3 unspecified atom stereocenters. The SMILES string of the molecule is CC1CCC(N2C(C(=O)O)CCC3CCCCC32)CC1. The fourth-order valence-corrected chi connectivity index (χ4v) is 4.99. The van der Waals surface area contributed by atoms with Crippen molar-refractivity contribution >= 4 is 5.97 Å². The average Bonchev–Trinajstić information content (AvgIpc) is 2.47. The van der Waals surface area contributed by atoms with Gasteiger partial charge in [0.05, 0.1) is 0 Å². The fraction of sp³-hybridized carbons (Fsp3) is 0.941. The number of carboxylic acids is 1. The lowest BCUT2D eigenvalue weighted by Crippen LogP contribution is -2.59. The topological polar surface area (TPSA) is 40.5 Å². The van der Waals surface area contributed by atoms with Gasteiger partial charge in [0.2, 0.25) is 0 Å². The van der Waals surface area contributed by atoms with E-state index in [1.165, 1.54) is 51.4 Å². The highest BCUT2D eigenvalue weighted by Gasteiger charge is 2.44. The molecule has 20 heavy (non-hydrogen) atoms. The van der Waals surface area contributed by atoms with Crippen molar-refractivity contribution in [3.05, 3.63) is 0 Å². The highest BCUT2D eigenvalue weighted by molar-refractivity contribution is 5.73. The van der Waals surface area contributed by atoms with Crippen LogP contribution in [0.5, 0.6) is 0 Å². The smallest absolute Gasteiger partial charge is 0.320 e. The molecular weight excluding hydrogens is 250 g/mol. The van der Waals surface area contributed by atoms with Crippen molar-refractivity contribution in [3.8, 4) is 0 Å². The van der Waals surface area contributed by atoms with Crippen LogP contribution in [0.2, 0.25) is 0 Å². The van der Waals surface area contributed by atoms with Gasteiger partial charge in [-0.05, 0) is 63.2 Å². The molecule has 0 aromatic heterocycles. The van der Waals surface area contributed by atoms with Crippen molar-refractivity contribution in [2.24, 2.45) is 11.8 Å². The van der Waals surface area contributed by atoms with Crippen LogP contribution in [0.15, 0.2) is 0 Å². The Bertz CT molecular complexity index is 349. The molecule has 3 rings (SSSR count). The number of likely N-dealkylation sites (tertiary alicyclic amines) is 1. The molecule has 2 saturated carbocycles. The van der Waals surface area contributed by atoms with E-state index in [0.29, 0.717) is 12.1 Å². The van der Waals surface area contributed by atoms with Gasteiger partial charge in [-0.1, -0.05) is 19.8 Å². The Hall–Kier alpha value is -0.570.